The summed E-state index contributed by atoms with van der Waals surface area (Å²) >= 11 is 0. The molecule has 3 nitrogen and oxygen atoms in total. The van der Waals surface area contributed by atoms with Gasteiger partial charge in [-0.3, -0.25) is 4.40 Å². The third-order valence-corrected chi connectivity index (χ3v) is 3.17. The number of rotatable bonds is 1. The number of nitrogens with one attached hydrogen (secondary N) is 1. The Morgan fingerprint density at radius 2 is 2.40 bits per heavy atom. The first kappa shape index (κ1) is 8.92. The van der Waals surface area contributed by atoms with Gasteiger partial charge in [-0.05, 0) is 38.4 Å². The molecular weight excluding hydrogens is 186 g/mol. The summed E-state index contributed by atoms with van der Waals surface area (Å²) in [6, 6.07) is 6.93. The third kappa shape index (κ3) is 1.35. The zero-order chi connectivity index (χ0) is 10.3. The van der Waals surface area contributed by atoms with E-state index < -0.39 is 0 Å². The summed E-state index contributed by atoms with van der Waals surface area (Å²) in [7, 11) is 0. The topological polar surface area (TPSA) is 29.3 Å². The maximum absolute atomic E-state index is 4.36. The smallest absolute Gasteiger partial charge is 0.110 e. The Bertz CT molecular complexity index is 481. The fourth-order valence-electron chi connectivity index (χ4n) is 2.44. The Morgan fingerprint density at radius 3 is 3.20 bits per heavy atom. The van der Waals surface area contributed by atoms with E-state index in [4.69, 9.17) is 0 Å². The van der Waals surface area contributed by atoms with E-state index in [1.54, 1.807) is 0 Å². The monoisotopic (exact) mass is 201 g/mol. The number of fused-ring (bicyclic) bond motifs is 1. The predicted octanol–water partition coefficient (Wildman–Crippen LogP) is 2.07. The molecular formula is C12H15N3. The van der Waals surface area contributed by atoms with Crippen LogP contribution in [-0.4, -0.2) is 15.9 Å². The molecule has 1 saturated heterocycles. The van der Waals surface area contributed by atoms with Gasteiger partial charge in [0.25, 0.3) is 0 Å². The van der Waals surface area contributed by atoms with Gasteiger partial charge in [0.2, 0.25) is 0 Å². The molecule has 0 aromatic carbocycles. The number of imidazole rings is 1. The molecule has 1 aliphatic heterocycles. The van der Waals surface area contributed by atoms with Gasteiger partial charge in [-0.2, -0.15) is 0 Å². The average Bonchev–Trinajstić information content (AvgIpc) is 2.88. The lowest BCUT2D eigenvalue weighted by Gasteiger charge is -2.13. The molecule has 1 atom stereocenters. The van der Waals surface area contributed by atoms with Crippen molar-refractivity contribution in [2.45, 2.75) is 25.8 Å². The molecule has 1 N–H and O–H groups in total. The lowest BCUT2D eigenvalue weighted by atomic mass is 10.1. The van der Waals surface area contributed by atoms with E-state index in [-0.39, 0.29) is 0 Å². The van der Waals surface area contributed by atoms with Crippen molar-refractivity contribution in [3.8, 4) is 0 Å². The van der Waals surface area contributed by atoms with Gasteiger partial charge in [-0.1, -0.05) is 6.07 Å². The van der Waals surface area contributed by atoms with E-state index in [0.717, 1.165) is 12.4 Å². The highest BCUT2D eigenvalue weighted by atomic mass is 15.1. The maximum atomic E-state index is 4.36. The van der Waals surface area contributed by atoms with Crippen molar-refractivity contribution in [2.24, 2.45) is 0 Å². The summed E-state index contributed by atoms with van der Waals surface area (Å²) in [6.45, 7) is 3.19. The zero-order valence-corrected chi connectivity index (χ0v) is 8.90. The molecule has 1 unspecified atom stereocenters. The lowest BCUT2D eigenvalue weighted by Crippen LogP contribution is -2.16. The number of hydrogen-bond acceptors (Lipinski definition) is 2. The highest BCUT2D eigenvalue weighted by molar-refractivity contribution is 5.47. The van der Waals surface area contributed by atoms with Crippen molar-refractivity contribution in [1.29, 1.82) is 0 Å². The SMILES string of the molecule is Cc1ncc2cccc(C3CCCN3)n12. The van der Waals surface area contributed by atoms with Crippen LogP contribution in [0, 0.1) is 6.92 Å². The van der Waals surface area contributed by atoms with Gasteiger partial charge in [0, 0.05) is 11.7 Å². The molecule has 3 rings (SSSR count). The van der Waals surface area contributed by atoms with E-state index in [0.29, 0.717) is 6.04 Å². The van der Waals surface area contributed by atoms with Crippen LogP contribution in [0.25, 0.3) is 5.52 Å². The summed E-state index contributed by atoms with van der Waals surface area (Å²) in [4.78, 5) is 4.36. The number of hydrogen-bond donors (Lipinski definition) is 1. The van der Waals surface area contributed by atoms with Crippen molar-refractivity contribution in [3.05, 3.63) is 35.9 Å². The van der Waals surface area contributed by atoms with E-state index in [2.05, 4.69) is 39.8 Å². The molecule has 0 amide bonds. The summed E-state index contributed by atoms with van der Waals surface area (Å²) in [5, 5.41) is 3.53. The zero-order valence-electron chi connectivity index (χ0n) is 8.90. The highest BCUT2D eigenvalue weighted by Crippen LogP contribution is 2.24. The normalized spacial score (nSPS) is 21.3. The Labute approximate surface area is 89.1 Å². The van der Waals surface area contributed by atoms with Gasteiger partial charge < -0.3 is 5.32 Å². The predicted molar refractivity (Wildman–Crippen MR) is 59.9 cm³/mol. The van der Waals surface area contributed by atoms with Crippen LogP contribution in [0.3, 0.4) is 0 Å². The molecule has 0 bridgehead atoms. The lowest BCUT2D eigenvalue weighted by molar-refractivity contribution is 0.616. The first-order chi connectivity index (χ1) is 7.36. The van der Waals surface area contributed by atoms with Crippen LogP contribution in [0.1, 0.15) is 30.4 Å². The van der Waals surface area contributed by atoms with Crippen molar-refractivity contribution in [2.75, 3.05) is 6.54 Å². The molecule has 3 heteroatoms. The molecule has 0 radical (unpaired) electrons. The van der Waals surface area contributed by atoms with E-state index >= 15 is 0 Å². The van der Waals surface area contributed by atoms with Crippen LogP contribution in [0.2, 0.25) is 0 Å². The minimum absolute atomic E-state index is 0.501. The molecule has 1 fully saturated rings. The van der Waals surface area contributed by atoms with Crippen LogP contribution in [0.4, 0.5) is 0 Å². The molecule has 78 valence electrons. The van der Waals surface area contributed by atoms with Crippen LogP contribution in [-0.2, 0) is 0 Å². The fourth-order valence-corrected chi connectivity index (χ4v) is 2.44. The molecule has 0 aliphatic carbocycles. The van der Waals surface area contributed by atoms with Gasteiger partial charge in [0.1, 0.15) is 5.82 Å². The average molecular weight is 201 g/mol. The minimum Gasteiger partial charge on any atom is -0.309 e. The number of aromatic nitrogens is 2. The minimum atomic E-state index is 0.501. The van der Waals surface area contributed by atoms with E-state index in [1.807, 2.05) is 6.20 Å². The Kier molecular flexibility index (Phi) is 1.99. The first-order valence-corrected chi connectivity index (χ1v) is 5.52. The standard InChI is InChI=1S/C12H15N3/c1-9-14-8-10-4-2-6-12(15(9)10)11-5-3-7-13-11/h2,4,6,8,11,13H,3,5,7H2,1H3. The van der Waals surface area contributed by atoms with Gasteiger partial charge in [0.05, 0.1) is 11.7 Å². The second-order valence-corrected chi connectivity index (χ2v) is 4.17. The van der Waals surface area contributed by atoms with Crippen molar-refractivity contribution in [1.82, 2.24) is 14.7 Å². The number of nitrogens with zero attached hydrogens (tertiary/aromatic N) is 2. The Hall–Kier alpha value is -1.35. The molecule has 2 aromatic rings. The fraction of sp³-hybridized carbons (Fsp3) is 0.417. The van der Waals surface area contributed by atoms with Crippen LogP contribution in [0.5, 0.6) is 0 Å². The molecule has 15 heavy (non-hydrogen) atoms. The molecule has 1 aliphatic rings. The second-order valence-electron chi connectivity index (χ2n) is 4.17. The second kappa shape index (κ2) is 3.35. The van der Waals surface area contributed by atoms with Gasteiger partial charge in [-0.25, -0.2) is 4.98 Å². The van der Waals surface area contributed by atoms with Crippen molar-refractivity contribution in [3.63, 3.8) is 0 Å². The molecule has 3 heterocycles. The quantitative estimate of drug-likeness (QED) is 0.765. The van der Waals surface area contributed by atoms with E-state index in [9.17, 15) is 0 Å². The summed E-state index contributed by atoms with van der Waals surface area (Å²) in [6.07, 6.45) is 4.44. The Morgan fingerprint density at radius 1 is 1.47 bits per heavy atom. The van der Waals surface area contributed by atoms with Crippen LogP contribution >= 0.6 is 0 Å². The summed E-state index contributed by atoms with van der Waals surface area (Å²) in [5.74, 6) is 1.08. The molecule has 0 saturated carbocycles. The summed E-state index contributed by atoms with van der Waals surface area (Å²) < 4.78 is 2.25. The largest absolute Gasteiger partial charge is 0.309 e. The van der Waals surface area contributed by atoms with Crippen molar-refractivity contribution < 1.29 is 0 Å². The number of pyridine rings is 1. The van der Waals surface area contributed by atoms with Crippen LogP contribution in [0.15, 0.2) is 24.4 Å². The van der Waals surface area contributed by atoms with Gasteiger partial charge in [0.15, 0.2) is 0 Å². The van der Waals surface area contributed by atoms with Gasteiger partial charge >= 0.3 is 0 Å². The van der Waals surface area contributed by atoms with Gasteiger partial charge in [-0.15, -0.1) is 0 Å². The highest BCUT2D eigenvalue weighted by Gasteiger charge is 2.19. The summed E-state index contributed by atoms with van der Waals surface area (Å²) in [5.41, 5.74) is 2.54. The molecule has 2 aromatic heterocycles. The van der Waals surface area contributed by atoms with E-state index in [1.165, 1.54) is 24.1 Å². The number of aryl methyl sites for hydroxylation is 1. The molecule has 0 spiro atoms. The third-order valence-electron chi connectivity index (χ3n) is 3.17. The first-order valence-electron chi connectivity index (χ1n) is 5.52. The Balaban J connectivity index is 2.19. The van der Waals surface area contributed by atoms with Crippen molar-refractivity contribution >= 4 is 5.52 Å². The maximum Gasteiger partial charge on any atom is 0.110 e. The van der Waals surface area contributed by atoms with Crippen LogP contribution < -0.4 is 5.32 Å².